The van der Waals surface area contributed by atoms with Crippen LogP contribution in [-0.2, 0) is 0 Å². The molecule has 0 saturated heterocycles. The van der Waals surface area contributed by atoms with Crippen molar-refractivity contribution in [2.24, 2.45) is 0 Å². The van der Waals surface area contributed by atoms with Gasteiger partial charge in [0.2, 0.25) is 0 Å². The van der Waals surface area contributed by atoms with E-state index in [1.165, 1.54) is 18.4 Å². The van der Waals surface area contributed by atoms with E-state index in [2.05, 4.69) is 54.6 Å². The fraction of sp³-hybridized carbons (Fsp3) is 0.286. The van der Waals surface area contributed by atoms with E-state index in [1.807, 2.05) is 0 Å². The van der Waals surface area contributed by atoms with E-state index in [1.54, 1.807) is 0 Å². The molecule has 0 bridgehead atoms. The Morgan fingerprint density at radius 2 is 1.64 bits per heavy atom. The second kappa shape index (κ2) is 4.80. The van der Waals surface area contributed by atoms with Gasteiger partial charge < -0.3 is 0 Å². The van der Waals surface area contributed by atoms with Crippen LogP contribution in [0.2, 0.25) is 0 Å². The van der Waals surface area contributed by atoms with Crippen LogP contribution in [0.1, 0.15) is 30.7 Å². The maximum Gasteiger partial charge on any atom is 0.00524 e. The molecule has 72 valence electrons. The highest BCUT2D eigenvalue weighted by Gasteiger charge is 2.05. The monoisotopic (exact) mass is 184 g/mol. The minimum atomic E-state index is 0.577. The molecule has 0 aromatic heterocycles. The van der Waals surface area contributed by atoms with Crippen molar-refractivity contribution in [2.45, 2.75) is 25.2 Å². The van der Waals surface area contributed by atoms with Crippen molar-refractivity contribution in [1.29, 1.82) is 0 Å². The smallest absolute Gasteiger partial charge is 0.00524 e. The molecular weight excluding hydrogens is 168 g/mol. The molecule has 0 aliphatic heterocycles. The number of rotatable bonds is 1. The first-order chi connectivity index (χ1) is 6.97. The van der Waals surface area contributed by atoms with Gasteiger partial charge in [-0.1, -0.05) is 54.6 Å². The average Bonchev–Trinajstić information content (AvgIpc) is 2.18. The molecular formula is C14H16. The SMILES string of the molecule is C1=C\CC(c2ccccc2)/C=C\CC/1. The fourth-order valence-corrected chi connectivity index (χ4v) is 1.84. The fourth-order valence-electron chi connectivity index (χ4n) is 1.84. The summed E-state index contributed by atoms with van der Waals surface area (Å²) in [5.74, 6) is 0.577. The molecule has 2 rings (SSSR count). The number of benzene rings is 1. The Kier molecular flexibility index (Phi) is 3.18. The molecule has 0 saturated carbocycles. The predicted octanol–water partition coefficient (Wildman–Crippen LogP) is 4.07. The van der Waals surface area contributed by atoms with E-state index < -0.39 is 0 Å². The van der Waals surface area contributed by atoms with Crippen molar-refractivity contribution in [2.75, 3.05) is 0 Å². The highest BCUT2D eigenvalue weighted by Crippen LogP contribution is 2.23. The zero-order valence-corrected chi connectivity index (χ0v) is 8.39. The summed E-state index contributed by atoms with van der Waals surface area (Å²) in [5.41, 5.74) is 1.43. The van der Waals surface area contributed by atoms with Crippen LogP contribution in [-0.4, -0.2) is 0 Å². The van der Waals surface area contributed by atoms with Gasteiger partial charge >= 0.3 is 0 Å². The number of hydrogen-bond acceptors (Lipinski definition) is 0. The summed E-state index contributed by atoms with van der Waals surface area (Å²) < 4.78 is 0. The summed E-state index contributed by atoms with van der Waals surface area (Å²) in [6, 6.07) is 10.7. The summed E-state index contributed by atoms with van der Waals surface area (Å²) in [5, 5.41) is 0. The molecule has 14 heavy (non-hydrogen) atoms. The van der Waals surface area contributed by atoms with Crippen LogP contribution in [0.15, 0.2) is 54.6 Å². The van der Waals surface area contributed by atoms with Crippen LogP contribution in [0.25, 0.3) is 0 Å². The Bertz CT molecular complexity index is 319. The molecule has 0 N–H and O–H groups in total. The van der Waals surface area contributed by atoms with Crippen molar-refractivity contribution in [1.82, 2.24) is 0 Å². The third kappa shape index (κ3) is 2.35. The lowest BCUT2D eigenvalue weighted by atomic mass is 9.93. The summed E-state index contributed by atoms with van der Waals surface area (Å²) in [7, 11) is 0. The summed E-state index contributed by atoms with van der Waals surface area (Å²) in [6.45, 7) is 0. The molecule has 1 aromatic rings. The predicted molar refractivity (Wildman–Crippen MR) is 61.3 cm³/mol. The molecule has 1 aliphatic carbocycles. The first-order valence-electron chi connectivity index (χ1n) is 5.33. The van der Waals surface area contributed by atoms with Crippen LogP contribution in [0.4, 0.5) is 0 Å². The van der Waals surface area contributed by atoms with E-state index >= 15 is 0 Å². The highest BCUT2D eigenvalue weighted by molar-refractivity contribution is 5.25. The van der Waals surface area contributed by atoms with Gasteiger partial charge in [0.05, 0.1) is 0 Å². The third-order valence-electron chi connectivity index (χ3n) is 2.65. The van der Waals surface area contributed by atoms with Gasteiger partial charge in [0.1, 0.15) is 0 Å². The van der Waals surface area contributed by atoms with Gasteiger partial charge in [-0.3, -0.25) is 0 Å². The first-order valence-corrected chi connectivity index (χ1v) is 5.33. The van der Waals surface area contributed by atoms with Gasteiger partial charge in [0.15, 0.2) is 0 Å². The van der Waals surface area contributed by atoms with Crippen LogP contribution >= 0.6 is 0 Å². The van der Waals surface area contributed by atoms with Gasteiger partial charge in [-0.25, -0.2) is 0 Å². The standard InChI is InChI=1S/C14H16/c1-2-5-9-13(10-6-3-1)14-11-7-4-8-12-14/h2,4-8,10-13H,1,3,9H2/b5-2-,10-6-. The molecule has 0 heteroatoms. The number of hydrogen-bond donors (Lipinski definition) is 0. The minimum absolute atomic E-state index is 0.577. The van der Waals surface area contributed by atoms with Crippen LogP contribution in [0, 0.1) is 0 Å². The van der Waals surface area contributed by atoms with Crippen LogP contribution in [0.5, 0.6) is 0 Å². The Balaban J connectivity index is 2.16. The normalized spacial score (nSPS) is 26.1. The molecule has 0 radical (unpaired) electrons. The van der Waals surface area contributed by atoms with E-state index in [-0.39, 0.29) is 0 Å². The first kappa shape index (κ1) is 9.26. The lowest BCUT2D eigenvalue weighted by Gasteiger charge is -2.12. The molecule has 0 spiro atoms. The quantitative estimate of drug-likeness (QED) is 0.577. The number of allylic oxidation sites excluding steroid dienone is 4. The summed E-state index contributed by atoms with van der Waals surface area (Å²) in [6.07, 6.45) is 12.8. The molecule has 0 fully saturated rings. The Labute approximate surface area is 86.0 Å². The second-order valence-corrected chi connectivity index (χ2v) is 3.73. The van der Waals surface area contributed by atoms with Crippen LogP contribution < -0.4 is 0 Å². The molecule has 0 nitrogen and oxygen atoms in total. The average molecular weight is 184 g/mol. The molecule has 1 atom stereocenters. The van der Waals surface area contributed by atoms with Crippen molar-refractivity contribution >= 4 is 0 Å². The van der Waals surface area contributed by atoms with Gasteiger partial charge in [0, 0.05) is 5.92 Å². The maximum absolute atomic E-state index is 2.35. The Hall–Kier alpha value is -1.30. The van der Waals surface area contributed by atoms with Crippen molar-refractivity contribution in [3.63, 3.8) is 0 Å². The largest absolute Gasteiger partial charge is 0.0882 e. The molecule has 0 heterocycles. The molecule has 1 aliphatic rings. The lowest BCUT2D eigenvalue weighted by molar-refractivity contribution is 0.837. The van der Waals surface area contributed by atoms with Gasteiger partial charge in [-0.15, -0.1) is 0 Å². The molecule has 1 unspecified atom stereocenters. The highest BCUT2D eigenvalue weighted by atomic mass is 14.1. The van der Waals surface area contributed by atoms with E-state index in [9.17, 15) is 0 Å². The zero-order valence-electron chi connectivity index (χ0n) is 8.39. The van der Waals surface area contributed by atoms with E-state index in [0.717, 1.165) is 6.42 Å². The van der Waals surface area contributed by atoms with E-state index in [4.69, 9.17) is 0 Å². The molecule has 0 amide bonds. The van der Waals surface area contributed by atoms with Gasteiger partial charge in [0.25, 0.3) is 0 Å². The van der Waals surface area contributed by atoms with E-state index in [0.29, 0.717) is 5.92 Å². The maximum atomic E-state index is 2.35. The lowest BCUT2D eigenvalue weighted by Crippen LogP contribution is -1.94. The zero-order chi connectivity index (χ0) is 9.64. The van der Waals surface area contributed by atoms with Crippen LogP contribution in [0.3, 0.4) is 0 Å². The van der Waals surface area contributed by atoms with Gasteiger partial charge in [-0.2, -0.15) is 0 Å². The van der Waals surface area contributed by atoms with Crippen molar-refractivity contribution in [3.8, 4) is 0 Å². The third-order valence-corrected chi connectivity index (χ3v) is 2.65. The summed E-state index contributed by atoms with van der Waals surface area (Å²) in [4.78, 5) is 0. The van der Waals surface area contributed by atoms with Gasteiger partial charge in [-0.05, 0) is 24.8 Å². The Morgan fingerprint density at radius 1 is 0.857 bits per heavy atom. The van der Waals surface area contributed by atoms with Crippen molar-refractivity contribution in [3.05, 3.63) is 60.2 Å². The molecule has 1 aromatic carbocycles. The second-order valence-electron chi connectivity index (χ2n) is 3.73. The van der Waals surface area contributed by atoms with Crippen molar-refractivity contribution < 1.29 is 0 Å². The minimum Gasteiger partial charge on any atom is -0.0882 e. The topological polar surface area (TPSA) is 0 Å². The summed E-state index contributed by atoms with van der Waals surface area (Å²) >= 11 is 0. The Morgan fingerprint density at radius 3 is 2.50 bits per heavy atom.